The minimum absolute atomic E-state index is 0.0973. The van der Waals surface area contributed by atoms with Crippen LogP contribution in [0, 0.1) is 0 Å². The summed E-state index contributed by atoms with van der Waals surface area (Å²) in [4.78, 5) is 15.7. The Hall–Kier alpha value is -2.79. The highest BCUT2D eigenvalue weighted by molar-refractivity contribution is 8.26. The molecule has 3 heterocycles. The minimum Gasteiger partial charge on any atom is -0.293 e. The normalized spacial score (nSPS) is 17.7. The monoisotopic (exact) mass is 566 g/mol. The number of para-hydroxylation sites is 1. The number of hydrogen-bond acceptors (Lipinski definition) is 6. The Labute approximate surface area is 233 Å². The lowest BCUT2D eigenvalue weighted by Crippen LogP contribution is -2.28. The fourth-order valence-electron chi connectivity index (χ4n) is 4.67. The van der Waals surface area contributed by atoms with Gasteiger partial charge in [0.05, 0.1) is 15.5 Å². The van der Waals surface area contributed by atoms with E-state index in [4.69, 9.17) is 17.3 Å². The Morgan fingerprint density at radius 1 is 1.05 bits per heavy atom. The highest BCUT2D eigenvalue weighted by atomic mass is 32.2. The summed E-state index contributed by atoms with van der Waals surface area (Å²) in [5.74, 6) is -0.0973. The molecule has 7 nitrogen and oxygen atoms in total. The molecule has 0 saturated carbocycles. The van der Waals surface area contributed by atoms with Crippen molar-refractivity contribution in [3.63, 3.8) is 0 Å². The van der Waals surface area contributed by atoms with Gasteiger partial charge in [-0.1, -0.05) is 74.1 Å². The second-order valence-electron chi connectivity index (χ2n) is 9.39. The standard InChI is InChI=1S/C28H30N4O3S3/c1-2-3-7-17-31-27(33)25(37-28(31)36)19-22-20-32(23-12-5-4-6-13-23)29-26(22)21-11-10-14-24(18-21)38(34,35)30-15-8-9-16-30/h4-6,10-14,18-20H,2-3,7-9,15-17H2,1H3. The zero-order chi connectivity index (χ0) is 26.7. The number of amides is 1. The number of nitrogens with zero attached hydrogens (tertiary/aromatic N) is 4. The molecule has 0 bridgehead atoms. The van der Waals surface area contributed by atoms with Crippen LogP contribution in [-0.2, 0) is 14.8 Å². The van der Waals surface area contributed by atoms with Crippen molar-refractivity contribution in [1.29, 1.82) is 0 Å². The molecule has 0 atom stereocenters. The van der Waals surface area contributed by atoms with Crippen LogP contribution in [0.25, 0.3) is 23.0 Å². The van der Waals surface area contributed by atoms with Gasteiger partial charge in [-0.15, -0.1) is 0 Å². The molecule has 0 aliphatic carbocycles. The second kappa shape index (κ2) is 11.5. The third-order valence-corrected chi connectivity index (χ3v) is 9.99. The maximum Gasteiger partial charge on any atom is 0.266 e. The largest absolute Gasteiger partial charge is 0.293 e. The van der Waals surface area contributed by atoms with Gasteiger partial charge < -0.3 is 0 Å². The smallest absolute Gasteiger partial charge is 0.266 e. The molecule has 0 unspecified atom stereocenters. The van der Waals surface area contributed by atoms with E-state index in [2.05, 4.69) is 6.92 Å². The summed E-state index contributed by atoms with van der Waals surface area (Å²) < 4.78 is 30.4. The predicted octanol–water partition coefficient (Wildman–Crippen LogP) is 5.72. The van der Waals surface area contributed by atoms with Gasteiger partial charge in [0.2, 0.25) is 10.0 Å². The zero-order valence-corrected chi connectivity index (χ0v) is 23.7. The molecule has 10 heteroatoms. The summed E-state index contributed by atoms with van der Waals surface area (Å²) in [6.07, 6.45) is 8.46. The molecule has 1 aromatic heterocycles. The van der Waals surface area contributed by atoms with E-state index in [-0.39, 0.29) is 10.8 Å². The molecular formula is C28H30N4O3S3. The molecule has 1 amide bonds. The van der Waals surface area contributed by atoms with Crippen molar-refractivity contribution in [3.05, 3.63) is 71.3 Å². The Bertz CT molecular complexity index is 1480. The molecule has 2 fully saturated rings. The molecule has 198 valence electrons. The molecule has 2 saturated heterocycles. The molecule has 5 rings (SSSR count). The molecule has 0 N–H and O–H groups in total. The lowest BCUT2D eigenvalue weighted by molar-refractivity contribution is -0.122. The van der Waals surface area contributed by atoms with Gasteiger partial charge in [0, 0.05) is 37.0 Å². The average molecular weight is 567 g/mol. The van der Waals surface area contributed by atoms with E-state index in [1.807, 2.05) is 48.7 Å². The summed E-state index contributed by atoms with van der Waals surface area (Å²) in [5.41, 5.74) is 2.85. The zero-order valence-electron chi connectivity index (χ0n) is 21.2. The summed E-state index contributed by atoms with van der Waals surface area (Å²) in [5, 5.41) is 4.83. The van der Waals surface area contributed by atoms with E-state index in [1.54, 1.807) is 32.1 Å². The number of unbranched alkanes of at least 4 members (excludes halogenated alkanes) is 2. The number of aromatic nitrogens is 2. The van der Waals surface area contributed by atoms with Gasteiger partial charge >= 0.3 is 0 Å². The summed E-state index contributed by atoms with van der Waals surface area (Å²) in [6, 6.07) is 16.6. The van der Waals surface area contributed by atoms with Crippen LogP contribution in [0.4, 0.5) is 0 Å². The fraction of sp³-hybridized carbons (Fsp3) is 0.321. The SMILES string of the molecule is CCCCCN1C(=O)C(=Cc2cn(-c3ccccc3)nc2-c2cccc(S(=O)(=O)N3CCCC3)c2)SC1=S. The predicted molar refractivity (Wildman–Crippen MR) is 156 cm³/mol. The van der Waals surface area contributed by atoms with E-state index < -0.39 is 10.0 Å². The maximum absolute atomic E-state index is 13.3. The quantitative estimate of drug-likeness (QED) is 0.188. The van der Waals surface area contributed by atoms with Gasteiger partial charge in [0.25, 0.3) is 5.91 Å². The van der Waals surface area contributed by atoms with Gasteiger partial charge in [-0.2, -0.15) is 9.40 Å². The summed E-state index contributed by atoms with van der Waals surface area (Å²) in [6.45, 7) is 3.82. The molecule has 3 aromatic rings. The van der Waals surface area contributed by atoms with E-state index in [0.29, 0.717) is 40.1 Å². The molecule has 0 radical (unpaired) electrons. The molecule has 0 spiro atoms. The fourth-order valence-corrected chi connectivity index (χ4v) is 7.53. The van der Waals surface area contributed by atoms with Crippen LogP contribution in [0.3, 0.4) is 0 Å². The Kier molecular flexibility index (Phi) is 8.13. The maximum atomic E-state index is 13.3. The minimum atomic E-state index is -3.58. The second-order valence-corrected chi connectivity index (χ2v) is 13.0. The number of carbonyl (C=O) groups excluding carboxylic acids is 1. The number of carbonyl (C=O) groups is 1. The van der Waals surface area contributed by atoms with Crippen LogP contribution in [0.1, 0.15) is 44.6 Å². The van der Waals surface area contributed by atoms with Crippen LogP contribution in [0.5, 0.6) is 0 Å². The van der Waals surface area contributed by atoms with Crippen LogP contribution >= 0.6 is 24.0 Å². The van der Waals surface area contributed by atoms with E-state index in [9.17, 15) is 13.2 Å². The van der Waals surface area contributed by atoms with Crippen molar-refractivity contribution in [3.8, 4) is 16.9 Å². The first-order valence-electron chi connectivity index (χ1n) is 12.9. The van der Waals surface area contributed by atoms with Crippen LogP contribution in [0.2, 0.25) is 0 Å². The van der Waals surface area contributed by atoms with Crippen LogP contribution in [0.15, 0.2) is 70.6 Å². The number of rotatable bonds is 9. The first kappa shape index (κ1) is 26.8. The number of thioether (sulfide) groups is 1. The third kappa shape index (κ3) is 5.49. The van der Waals surface area contributed by atoms with Crippen LogP contribution < -0.4 is 0 Å². The van der Waals surface area contributed by atoms with E-state index in [1.165, 1.54) is 11.8 Å². The van der Waals surface area contributed by atoms with Crippen LogP contribution in [-0.4, -0.2) is 57.3 Å². The van der Waals surface area contributed by atoms with Gasteiger partial charge in [0.1, 0.15) is 10.0 Å². The molecule has 2 aliphatic heterocycles. The number of thiocarbonyl (C=S) groups is 1. The van der Waals surface area contributed by atoms with Crippen molar-refractivity contribution < 1.29 is 13.2 Å². The van der Waals surface area contributed by atoms with E-state index in [0.717, 1.165) is 43.4 Å². The average Bonchev–Trinajstić information content (AvgIpc) is 3.67. The van der Waals surface area contributed by atoms with Crippen molar-refractivity contribution >= 4 is 50.3 Å². The van der Waals surface area contributed by atoms with Gasteiger partial charge in [-0.05, 0) is 49.6 Å². The highest BCUT2D eigenvalue weighted by Crippen LogP contribution is 2.35. The lowest BCUT2D eigenvalue weighted by Gasteiger charge is -2.16. The van der Waals surface area contributed by atoms with E-state index >= 15 is 0 Å². The van der Waals surface area contributed by atoms with Crippen molar-refractivity contribution in [2.75, 3.05) is 19.6 Å². The molecule has 38 heavy (non-hydrogen) atoms. The third-order valence-electron chi connectivity index (χ3n) is 6.72. The van der Waals surface area contributed by atoms with Crippen molar-refractivity contribution in [2.24, 2.45) is 0 Å². The van der Waals surface area contributed by atoms with Gasteiger partial charge in [-0.3, -0.25) is 9.69 Å². The topological polar surface area (TPSA) is 75.5 Å². The Morgan fingerprint density at radius 3 is 2.55 bits per heavy atom. The molecule has 2 aliphatic rings. The highest BCUT2D eigenvalue weighted by Gasteiger charge is 2.32. The Morgan fingerprint density at radius 2 is 1.82 bits per heavy atom. The number of hydrogen-bond donors (Lipinski definition) is 0. The first-order valence-corrected chi connectivity index (χ1v) is 15.6. The number of sulfonamides is 1. The number of benzene rings is 2. The van der Waals surface area contributed by atoms with Gasteiger partial charge in [-0.25, -0.2) is 13.1 Å². The first-order chi connectivity index (χ1) is 18.4. The van der Waals surface area contributed by atoms with Crippen molar-refractivity contribution in [1.82, 2.24) is 19.0 Å². The van der Waals surface area contributed by atoms with Gasteiger partial charge in [0.15, 0.2) is 0 Å². The summed E-state index contributed by atoms with van der Waals surface area (Å²) in [7, 11) is -3.58. The lowest BCUT2D eigenvalue weighted by atomic mass is 10.1. The molecule has 2 aromatic carbocycles. The van der Waals surface area contributed by atoms with Crippen molar-refractivity contribution in [2.45, 2.75) is 43.9 Å². The Balaban J connectivity index is 1.55. The summed E-state index contributed by atoms with van der Waals surface area (Å²) >= 11 is 6.81. The molecular weight excluding hydrogens is 537 g/mol.